The molecule has 0 aliphatic rings. The Morgan fingerprint density at radius 1 is 0.900 bits per heavy atom. The topological polar surface area (TPSA) is 34.1 Å². The van der Waals surface area contributed by atoms with Crippen LogP contribution in [-0.4, -0.2) is 14.2 Å². The standard InChI is InChI=1S/C15H14ClFO2S/c16-14-5-1-13(2-6-14)11-20(18,19)10-9-12-3-7-15(17)8-4-12/h1-8H,9-11H2. The Labute approximate surface area is 123 Å². The van der Waals surface area contributed by atoms with Gasteiger partial charge in [0.1, 0.15) is 5.82 Å². The summed E-state index contributed by atoms with van der Waals surface area (Å²) in [6.07, 6.45) is 0.385. The molecule has 0 unspecified atom stereocenters. The van der Waals surface area contributed by atoms with Crippen LogP contribution in [0, 0.1) is 5.82 Å². The molecule has 0 spiro atoms. The fourth-order valence-corrected chi connectivity index (χ4v) is 3.35. The van der Waals surface area contributed by atoms with Crippen LogP contribution >= 0.6 is 11.6 Å². The Kier molecular flexibility index (Phi) is 4.78. The van der Waals surface area contributed by atoms with E-state index in [0.717, 1.165) is 5.56 Å². The van der Waals surface area contributed by atoms with Crippen molar-refractivity contribution >= 4 is 21.4 Å². The molecule has 0 atom stereocenters. The molecular weight excluding hydrogens is 299 g/mol. The predicted octanol–water partition coefficient (Wildman–Crippen LogP) is 3.64. The van der Waals surface area contributed by atoms with Gasteiger partial charge in [0.25, 0.3) is 0 Å². The molecule has 0 bridgehead atoms. The zero-order chi connectivity index (χ0) is 14.6. The number of halogens is 2. The van der Waals surface area contributed by atoms with Gasteiger partial charge in [-0.2, -0.15) is 0 Å². The van der Waals surface area contributed by atoms with Crippen molar-refractivity contribution in [2.24, 2.45) is 0 Å². The van der Waals surface area contributed by atoms with Crippen molar-refractivity contribution in [1.82, 2.24) is 0 Å². The minimum absolute atomic E-state index is 0.00857. The maximum atomic E-state index is 12.8. The molecule has 0 saturated heterocycles. The Morgan fingerprint density at radius 3 is 2.05 bits per heavy atom. The van der Waals surface area contributed by atoms with Crippen molar-refractivity contribution in [3.63, 3.8) is 0 Å². The van der Waals surface area contributed by atoms with E-state index in [0.29, 0.717) is 17.0 Å². The van der Waals surface area contributed by atoms with Gasteiger partial charge in [-0.25, -0.2) is 12.8 Å². The van der Waals surface area contributed by atoms with Gasteiger partial charge < -0.3 is 0 Å². The zero-order valence-electron chi connectivity index (χ0n) is 10.7. The van der Waals surface area contributed by atoms with E-state index in [1.807, 2.05) is 0 Å². The molecule has 0 heterocycles. The Bertz CT molecular complexity index is 664. The number of aryl methyl sites for hydroxylation is 1. The summed E-state index contributed by atoms with van der Waals surface area (Å²) in [6.45, 7) is 0. The summed E-state index contributed by atoms with van der Waals surface area (Å²) in [4.78, 5) is 0. The van der Waals surface area contributed by atoms with Crippen LogP contribution in [0.2, 0.25) is 5.02 Å². The lowest BCUT2D eigenvalue weighted by atomic mass is 10.2. The molecule has 0 amide bonds. The minimum atomic E-state index is -3.19. The van der Waals surface area contributed by atoms with Gasteiger partial charge in [0.05, 0.1) is 11.5 Å². The number of sulfone groups is 1. The van der Waals surface area contributed by atoms with Gasteiger partial charge in [-0.1, -0.05) is 35.9 Å². The van der Waals surface area contributed by atoms with Crippen molar-refractivity contribution in [3.05, 3.63) is 70.5 Å². The van der Waals surface area contributed by atoms with Gasteiger partial charge in [0, 0.05) is 5.02 Å². The van der Waals surface area contributed by atoms with Crippen LogP contribution in [0.15, 0.2) is 48.5 Å². The SMILES string of the molecule is O=S(=O)(CCc1ccc(F)cc1)Cc1ccc(Cl)cc1. The lowest BCUT2D eigenvalue weighted by molar-refractivity contribution is 0.594. The number of hydrogen-bond donors (Lipinski definition) is 0. The summed E-state index contributed by atoms with van der Waals surface area (Å²) in [5.74, 6) is -0.287. The van der Waals surface area contributed by atoms with E-state index < -0.39 is 9.84 Å². The lowest BCUT2D eigenvalue weighted by Crippen LogP contribution is -2.11. The monoisotopic (exact) mass is 312 g/mol. The summed E-state index contributed by atoms with van der Waals surface area (Å²) >= 11 is 5.76. The van der Waals surface area contributed by atoms with Crippen LogP contribution in [-0.2, 0) is 22.0 Å². The molecule has 2 aromatic carbocycles. The van der Waals surface area contributed by atoms with E-state index in [1.54, 1.807) is 36.4 Å². The van der Waals surface area contributed by atoms with Gasteiger partial charge in [-0.05, 0) is 41.8 Å². The van der Waals surface area contributed by atoms with E-state index in [4.69, 9.17) is 11.6 Å². The molecule has 2 aromatic rings. The molecule has 2 nitrogen and oxygen atoms in total. The highest BCUT2D eigenvalue weighted by Gasteiger charge is 2.12. The molecule has 0 saturated carbocycles. The first kappa shape index (κ1) is 15.0. The maximum absolute atomic E-state index is 12.8. The van der Waals surface area contributed by atoms with Crippen molar-refractivity contribution in [1.29, 1.82) is 0 Å². The summed E-state index contributed by atoms with van der Waals surface area (Å²) in [7, 11) is -3.19. The average molecular weight is 313 g/mol. The van der Waals surface area contributed by atoms with Crippen LogP contribution in [0.5, 0.6) is 0 Å². The van der Waals surface area contributed by atoms with Crippen molar-refractivity contribution in [3.8, 4) is 0 Å². The fraction of sp³-hybridized carbons (Fsp3) is 0.200. The molecule has 0 aliphatic carbocycles. The summed E-state index contributed by atoms with van der Waals surface area (Å²) in [6, 6.07) is 12.6. The van der Waals surface area contributed by atoms with E-state index >= 15 is 0 Å². The van der Waals surface area contributed by atoms with E-state index in [9.17, 15) is 12.8 Å². The van der Waals surface area contributed by atoms with E-state index in [1.165, 1.54) is 12.1 Å². The summed E-state index contributed by atoms with van der Waals surface area (Å²) in [5.41, 5.74) is 1.53. The van der Waals surface area contributed by atoms with Crippen LogP contribution in [0.3, 0.4) is 0 Å². The third kappa shape index (κ3) is 4.62. The largest absolute Gasteiger partial charge is 0.228 e. The molecule has 20 heavy (non-hydrogen) atoms. The molecule has 0 N–H and O–H groups in total. The molecule has 0 aliphatic heterocycles. The quantitative estimate of drug-likeness (QED) is 0.844. The van der Waals surface area contributed by atoms with Gasteiger partial charge in [0.15, 0.2) is 9.84 Å². The highest BCUT2D eigenvalue weighted by Crippen LogP contribution is 2.13. The number of hydrogen-bond acceptors (Lipinski definition) is 2. The molecule has 5 heteroatoms. The Balaban J connectivity index is 1.97. The Hall–Kier alpha value is -1.39. The minimum Gasteiger partial charge on any atom is -0.228 e. The number of benzene rings is 2. The molecule has 2 rings (SSSR count). The highest BCUT2D eigenvalue weighted by molar-refractivity contribution is 7.90. The predicted molar refractivity (Wildman–Crippen MR) is 79.0 cm³/mol. The molecule has 0 aromatic heterocycles. The first-order valence-electron chi connectivity index (χ1n) is 6.14. The first-order valence-corrected chi connectivity index (χ1v) is 8.34. The third-order valence-corrected chi connectivity index (χ3v) is 4.77. The van der Waals surface area contributed by atoms with Crippen LogP contribution in [0.1, 0.15) is 11.1 Å². The average Bonchev–Trinajstić information content (AvgIpc) is 2.41. The molecule has 0 radical (unpaired) electrons. The lowest BCUT2D eigenvalue weighted by Gasteiger charge is -2.05. The Morgan fingerprint density at radius 2 is 1.45 bits per heavy atom. The fourth-order valence-electron chi connectivity index (χ4n) is 1.83. The van der Waals surface area contributed by atoms with E-state index in [2.05, 4.69) is 0 Å². The van der Waals surface area contributed by atoms with Crippen LogP contribution < -0.4 is 0 Å². The number of rotatable bonds is 5. The second kappa shape index (κ2) is 6.37. The molecule has 0 fully saturated rings. The van der Waals surface area contributed by atoms with Gasteiger partial charge >= 0.3 is 0 Å². The second-order valence-corrected chi connectivity index (χ2v) is 7.22. The van der Waals surface area contributed by atoms with Crippen molar-refractivity contribution in [2.45, 2.75) is 12.2 Å². The molecular formula is C15H14ClFO2S. The summed E-state index contributed by atoms with van der Waals surface area (Å²) in [5, 5.41) is 0.581. The van der Waals surface area contributed by atoms with Gasteiger partial charge in [-0.3, -0.25) is 0 Å². The zero-order valence-corrected chi connectivity index (χ0v) is 12.3. The smallest absolute Gasteiger partial charge is 0.154 e. The van der Waals surface area contributed by atoms with Crippen molar-refractivity contribution < 1.29 is 12.8 Å². The third-order valence-electron chi connectivity index (χ3n) is 2.91. The van der Waals surface area contributed by atoms with Gasteiger partial charge in [-0.15, -0.1) is 0 Å². The second-order valence-electron chi connectivity index (χ2n) is 4.59. The van der Waals surface area contributed by atoms with E-state index in [-0.39, 0.29) is 17.3 Å². The normalized spacial score (nSPS) is 11.5. The van der Waals surface area contributed by atoms with Crippen LogP contribution in [0.4, 0.5) is 4.39 Å². The summed E-state index contributed by atoms with van der Waals surface area (Å²) < 4.78 is 36.8. The van der Waals surface area contributed by atoms with Crippen LogP contribution in [0.25, 0.3) is 0 Å². The van der Waals surface area contributed by atoms with Crippen molar-refractivity contribution in [2.75, 3.05) is 5.75 Å². The van der Waals surface area contributed by atoms with Gasteiger partial charge in [0.2, 0.25) is 0 Å². The first-order chi connectivity index (χ1) is 9.44. The highest BCUT2D eigenvalue weighted by atomic mass is 35.5. The maximum Gasteiger partial charge on any atom is 0.154 e. The molecule has 106 valence electrons.